The van der Waals surface area contributed by atoms with Crippen LogP contribution < -0.4 is 5.69 Å². The van der Waals surface area contributed by atoms with Crippen molar-refractivity contribution >= 4 is 17.4 Å². The van der Waals surface area contributed by atoms with Gasteiger partial charge < -0.3 is 9.14 Å². The number of imidazole rings is 1. The monoisotopic (exact) mass is 396 g/mol. The lowest BCUT2D eigenvalue weighted by molar-refractivity contribution is 0.0947. The molecule has 146 valence electrons. The van der Waals surface area contributed by atoms with Crippen molar-refractivity contribution in [2.24, 2.45) is 0 Å². The Morgan fingerprint density at radius 1 is 1.18 bits per heavy atom. The summed E-state index contributed by atoms with van der Waals surface area (Å²) in [5, 5.41) is 0.889. The molecule has 1 fully saturated rings. The summed E-state index contributed by atoms with van der Waals surface area (Å²) >= 11 is 1.64. The number of thioether (sulfide) groups is 1. The van der Waals surface area contributed by atoms with Gasteiger partial charge in [0.2, 0.25) is 0 Å². The summed E-state index contributed by atoms with van der Waals surface area (Å²) in [6.07, 6.45) is 10.6. The van der Waals surface area contributed by atoms with Gasteiger partial charge in [0.1, 0.15) is 10.7 Å². The molecule has 1 aliphatic carbocycles. The van der Waals surface area contributed by atoms with Crippen LogP contribution in [-0.4, -0.2) is 31.6 Å². The first-order chi connectivity index (χ1) is 13.8. The largest absolute Gasteiger partial charge is 0.376 e. The van der Waals surface area contributed by atoms with Crippen molar-refractivity contribution in [1.29, 1.82) is 0 Å². The molecule has 0 bridgehead atoms. The van der Waals surface area contributed by atoms with Crippen LogP contribution in [-0.2, 0) is 29.9 Å². The van der Waals surface area contributed by atoms with Gasteiger partial charge in [-0.05, 0) is 50.7 Å². The summed E-state index contributed by atoms with van der Waals surface area (Å²) in [6, 6.07) is 5.99. The highest BCUT2D eigenvalue weighted by atomic mass is 32.2. The maximum atomic E-state index is 12.8. The number of ether oxygens (including phenoxy) is 1. The molecule has 3 aromatic rings. The first kappa shape index (κ1) is 17.9. The molecule has 1 atom stereocenters. The highest BCUT2D eigenvalue weighted by molar-refractivity contribution is 7.98. The fourth-order valence-electron chi connectivity index (χ4n) is 4.25. The minimum absolute atomic E-state index is 0.131. The Kier molecular flexibility index (Phi) is 4.94. The van der Waals surface area contributed by atoms with Crippen molar-refractivity contribution in [2.75, 3.05) is 6.61 Å². The molecular formula is C21H24N4O2S. The number of pyridine rings is 1. The van der Waals surface area contributed by atoms with Gasteiger partial charge in [0.25, 0.3) is 0 Å². The van der Waals surface area contributed by atoms with Crippen molar-refractivity contribution in [3.8, 4) is 0 Å². The average Bonchev–Trinajstić information content (AvgIpc) is 3.38. The summed E-state index contributed by atoms with van der Waals surface area (Å²) in [4.78, 5) is 22.0. The summed E-state index contributed by atoms with van der Waals surface area (Å²) < 4.78 is 9.68. The van der Waals surface area contributed by atoms with E-state index in [0.29, 0.717) is 6.54 Å². The molecule has 1 unspecified atom stereocenters. The molecule has 0 saturated carbocycles. The van der Waals surface area contributed by atoms with Crippen molar-refractivity contribution in [1.82, 2.24) is 18.9 Å². The molecule has 28 heavy (non-hydrogen) atoms. The quantitative estimate of drug-likeness (QED) is 0.489. The van der Waals surface area contributed by atoms with E-state index in [4.69, 9.17) is 4.74 Å². The van der Waals surface area contributed by atoms with Crippen LogP contribution in [0.2, 0.25) is 0 Å². The van der Waals surface area contributed by atoms with E-state index in [9.17, 15) is 4.79 Å². The molecule has 0 spiro atoms. The first-order valence-electron chi connectivity index (χ1n) is 10.1. The van der Waals surface area contributed by atoms with E-state index < -0.39 is 0 Å². The third-order valence-corrected chi connectivity index (χ3v) is 6.68. The molecule has 2 aliphatic rings. The second-order valence-electron chi connectivity index (χ2n) is 7.56. The zero-order chi connectivity index (χ0) is 18.9. The Morgan fingerprint density at radius 3 is 2.96 bits per heavy atom. The number of hydrogen-bond donors (Lipinski definition) is 0. The van der Waals surface area contributed by atoms with E-state index in [0.717, 1.165) is 67.3 Å². The number of nitrogens with zero attached hydrogens (tertiary/aromatic N) is 4. The van der Waals surface area contributed by atoms with Gasteiger partial charge in [0.05, 0.1) is 18.3 Å². The molecule has 3 aromatic heterocycles. The number of fused-ring (bicyclic) bond motifs is 2. The van der Waals surface area contributed by atoms with Crippen LogP contribution in [0, 0.1) is 0 Å². The Balaban J connectivity index is 1.42. The lowest BCUT2D eigenvalue weighted by atomic mass is 9.97. The van der Waals surface area contributed by atoms with Gasteiger partial charge in [-0.3, -0.25) is 4.57 Å². The van der Waals surface area contributed by atoms with Crippen LogP contribution in [0.5, 0.6) is 0 Å². The van der Waals surface area contributed by atoms with E-state index in [1.54, 1.807) is 11.8 Å². The molecule has 0 N–H and O–H groups in total. The molecule has 7 heteroatoms. The van der Waals surface area contributed by atoms with Crippen LogP contribution >= 0.6 is 11.8 Å². The first-order valence-corrected chi connectivity index (χ1v) is 11.1. The van der Waals surface area contributed by atoms with Gasteiger partial charge in [-0.2, -0.15) is 4.98 Å². The molecule has 1 aliphatic heterocycles. The van der Waals surface area contributed by atoms with Crippen LogP contribution in [0.3, 0.4) is 0 Å². The van der Waals surface area contributed by atoms with Crippen LogP contribution in [0.1, 0.15) is 42.6 Å². The molecule has 5 rings (SSSR count). The van der Waals surface area contributed by atoms with E-state index >= 15 is 0 Å². The molecule has 6 nitrogen and oxygen atoms in total. The maximum Gasteiger partial charge on any atom is 0.348 e. The highest BCUT2D eigenvalue weighted by Gasteiger charge is 2.24. The SMILES string of the molecule is O=c1nc(SCc2cn3ccccc3n2)c2c(n1CC1CCCO1)CCCC2. The van der Waals surface area contributed by atoms with Gasteiger partial charge >= 0.3 is 5.69 Å². The summed E-state index contributed by atoms with van der Waals surface area (Å²) in [7, 11) is 0. The zero-order valence-corrected chi connectivity index (χ0v) is 16.7. The molecule has 0 amide bonds. The summed E-state index contributed by atoms with van der Waals surface area (Å²) in [6.45, 7) is 1.45. The third kappa shape index (κ3) is 3.49. The predicted octanol–water partition coefficient (Wildman–Crippen LogP) is 3.24. The fraction of sp³-hybridized carbons (Fsp3) is 0.476. The molecule has 4 heterocycles. The van der Waals surface area contributed by atoms with Crippen molar-refractivity contribution in [2.45, 2.75) is 62.0 Å². The lowest BCUT2D eigenvalue weighted by Gasteiger charge is -2.24. The lowest BCUT2D eigenvalue weighted by Crippen LogP contribution is -2.33. The summed E-state index contributed by atoms with van der Waals surface area (Å²) in [5.74, 6) is 0.719. The second kappa shape index (κ2) is 7.72. The Hall–Kier alpha value is -2.12. The number of rotatable bonds is 5. The maximum absolute atomic E-state index is 12.8. The minimum Gasteiger partial charge on any atom is -0.376 e. The molecular weight excluding hydrogens is 372 g/mol. The van der Waals surface area contributed by atoms with E-state index in [1.165, 1.54) is 11.3 Å². The van der Waals surface area contributed by atoms with Gasteiger partial charge in [0, 0.05) is 36.0 Å². The Morgan fingerprint density at radius 2 is 2.11 bits per heavy atom. The third-order valence-electron chi connectivity index (χ3n) is 5.63. The van der Waals surface area contributed by atoms with Crippen LogP contribution in [0.15, 0.2) is 40.4 Å². The molecule has 0 aromatic carbocycles. The zero-order valence-electron chi connectivity index (χ0n) is 15.8. The second-order valence-corrected chi connectivity index (χ2v) is 8.53. The standard InChI is InChI=1S/C21H24N4O2S/c26-21-23-20(28-14-15-12-24-10-4-3-9-19(24)22-15)17-7-1-2-8-18(17)25(21)13-16-6-5-11-27-16/h3-4,9-10,12,16H,1-2,5-8,11,13-14H2. The normalized spacial score (nSPS) is 19.2. The Labute approximate surface area is 168 Å². The van der Waals surface area contributed by atoms with Crippen LogP contribution in [0.4, 0.5) is 0 Å². The smallest absolute Gasteiger partial charge is 0.348 e. The summed E-state index contributed by atoms with van der Waals surface area (Å²) in [5.41, 5.74) is 4.26. The van der Waals surface area contributed by atoms with E-state index in [2.05, 4.69) is 9.97 Å². The topological polar surface area (TPSA) is 61.4 Å². The van der Waals surface area contributed by atoms with Crippen molar-refractivity contribution in [3.05, 3.63) is 58.0 Å². The fourth-order valence-corrected chi connectivity index (χ4v) is 5.21. The van der Waals surface area contributed by atoms with Crippen molar-refractivity contribution < 1.29 is 4.74 Å². The highest BCUT2D eigenvalue weighted by Crippen LogP contribution is 2.30. The Bertz CT molecular complexity index is 1020. The van der Waals surface area contributed by atoms with Crippen LogP contribution in [0.25, 0.3) is 5.65 Å². The van der Waals surface area contributed by atoms with Gasteiger partial charge in [0.15, 0.2) is 0 Å². The van der Waals surface area contributed by atoms with Gasteiger partial charge in [-0.25, -0.2) is 9.78 Å². The minimum atomic E-state index is -0.131. The number of hydrogen-bond acceptors (Lipinski definition) is 5. The predicted molar refractivity (Wildman–Crippen MR) is 109 cm³/mol. The van der Waals surface area contributed by atoms with Crippen molar-refractivity contribution in [3.63, 3.8) is 0 Å². The van der Waals surface area contributed by atoms with E-state index in [1.807, 2.05) is 39.6 Å². The van der Waals surface area contributed by atoms with Gasteiger partial charge in [-0.15, -0.1) is 0 Å². The van der Waals surface area contributed by atoms with E-state index in [-0.39, 0.29) is 11.8 Å². The average molecular weight is 397 g/mol. The molecule has 0 radical (unpaired) electrons. The molecule has 1 saturated heterocycles. The van der Waals surface area contributed by atoms with Gasteiger partial charge in [-0.1, -0.05) is 17.8 Å². The number of aromatic nitrogens is 4.